The number of carbonyl (C=O) groups excluding carboxylic acids is 1. The lowest BCUT2D eigenvalue weighted by Gasteiger charge is -2.55. The van der Waals surface area contributed by atoms with Crippen LogP contribution in [-0.2, 0) is 4.79 Å². The maximum Gasteiger partial charge on any atom is 0.282 e. The van der Waals surface area contributed by atoms with Crippen LogP contribution < -0.4 is 14.9 Å². The fraction of sp³-hybridized carbons (Fsp3) is 0.579. The fourth-order valence-electron chi connectivity index (χ4n) is 5.88. The standard InChI is InChI=1S/C19H21N3O5/c23-18(19-6-11-1-12(7-19)3-13(2-11)8-19)21-20-9-14-4-16-17(27-10-26-16)5-15(14)22(24)25/h4-5,9,11-13H,1-3,6-8,10H2,(H,21,23)/b20-9+. The topological polar surface area (TPSA) is 103 Å². The molecular weight excluding hydrogens is 350 g/mol. The molecule has 5 aliphatic rings. The van der Waals surface area contributed by atoms with E-state index in [1.54, 1.807) is 0 Å². The van der Waals surface area contributed by atoms with Crippen molar-refractivity contribution < 1.29 is 19.2 Å². The van der Waals surface area contributed by atoms with Crippen LogP contribution in [0.15, 0.2) is 17.2 Å². The molecule has 1 amide bonds. The molecule has 6 rings (SSSR count). The number of rotatable bonds is 4. The smallest absolute Gasteiger partial charge is 0.282 e. The zero-order valence-electron chi connectivity index (χ0n) is 14.8. The monoisotopic (exact) mass is 371 g/mol. The maximum absolute atomic E-state index is 12.9. The molecule has 1 aromatic carbocycles. The molecule has 0 unspecified atom stereocenters. The van der Waals surface area contributed by atoms with Gasteiger partial charge >= 0.3 is 0 Å². The molecule has 1 aromatic rings. The molecule has 0 spiro atoms. The second kappa shape index (κ2) is 5.94. The summed E-state index contributed by atoms with van der Waals surface area (Å²) in [6.45, 7) is 0.0375. The predicted octanol–water partition coefficient (Wildman–Crippen LogP) is 2.99. The highest BCUT2D eigenvalue weighted by atomic mass is 16.7. The molecular formula is C19H21N3O5. The minimum atomic E-state index is -0.496. The first-order chi connectivity index (χ1) is 13.0. The number of fused-ring (bicyclic) bond motifs is 1. The third kappa shape index (κ3) is 2.74. The highest BCUT2D eigenvalue weighted by Gasteiger charge is 2.54. The average Bonchev–Trinajstić information content (AvgIpc) is 3.07. The summed E-state index contributed by atoms with van der Waals surface area (Å²) >= 11 is 0. The van der Waals surface area contributed by atoms with Crippen molar-refractivity contribution in [3.8, 4) is 11.5 Å². The van der Waals surface area contributed by atoms with Crippen molar-refractivity contribution in [1.29, 1.82) is 0 Å². The highest BCUT2D eigenvalue weighted by molar-refractivity contribution is 5.89. The predicted molar refractivity (Wildman–Crippen MR) is 95.6 cm³/mol. The molecule has 4 bridgehead atoms. The molecule has 4 saturated carbocycles. The van der Waals surface area contributed by atoms with Crippen LogP contribution in [0.1, 0.15) is 44.1 Å². The van der Waals surface area contributed by atoms with Gasteiger partial charge in [0.05, 0.1) is 28.2 Å². The Bertz CT molecular complexity index is 815. The van der Waals surface area contributed by atoms with Crippen LogP contribution in [0.4, 0.5) is 5.69 Å². The van der Waals surface area contributed by atoms with Crippen LogP contribution in [0, 0.1) is 33.3 Å². The van der Waals surface area contributed by atoms with Gasteiger partial charge in [0.25, 0.3) is 5.69 Å². The first-order valence-corrected chi connectivity index (χ1v) is 9.44. The van der Waals surface area contributed by atoms with E-state index in [1.165, 1.54) is 37.6 Å². The van der Waals surface area contributed by atoms with Crippen LogP contribution in [0.25, 0.3) is 0 Å². The van der Waals surface area contributed by atoms with E-state index in [0.29, 0.717) is 29.3 Å². The number of amides is 1. The van der Waals surface area contributed by atoms with Gasteiger partial charge in [-0.2, -0.15) is 5.10 Å². The lowest BCUT2D eigenvalue weighted by atomic mass is 9.49. The molecule has 1 heterocycles. The number of carbonyl (C=O) groups is 1. The fourth-order valence-corrected chi connectivity index (χ4v) is 5.88. The number of nitrogens with zero attached hydrogens (tertiary/aromatic N) is 2. The van der Waals surface area contributed by atoms with Gasteiger partial charge in [0, 0.05) is 0 Å². The van der Waals surface area contributed by atoms with E-state index in [-0.39, 0.29) is 29.4 Å². The minimum absolute atomic E-state index is 0.0375. The van der Waals surface area contributed by atoms with E-state index in [0.717, 1.165) is 19.3 Å². The number of nitrogens with one attached hydrogen (secondary N) is 1. The molecule has 8 nitrogen and oxygen atoms in total. The second-order valence-corrected chi connectivity index (χ2v) is 8.42. The van der Waals surface area contributed by atoms with Gasteiger partial charge in [-0.15, -0.1) is 0 Å². The van der Waals surface area contributed by atoms with E-state index in [4.69, 9.17) is 9.47 Å². The molecule has 1 aliphatic heterocycles. The molecule has 142 valence electrons. The quantitative estimate of drug-likeness (QED) is 0.498. The number of hydrogen-bond acceptors (Lipinski definition) is 6. The molecule has 1 N–H and O–H groups in total. The lowest BCUT2D eigenvalue weighted by molar-refractivity contribution is -0.385. The van der Waals surface area contributed by atoms with Crippen LogP contribution in [0.5, 0.6) is 11.5 Å². The summed E-state index contributed by atoms with van der Waals surface area (Å²) in [5, 5.41) is 15.4. The van der Waals surface area contributed by atoms with Gasteiger partial charge in [-0.1, -0.05) is 0 Å². The zero-order chi connectivity index (χ0) is 18.6. The summed E-state index contributed by atoms with van der Waals surface area (Å²) in [5.41, 5.74) is 2.50. The summed E-state index contributed by atoms with van der Waals surface area (Å²) in [7, 11) is 0. The normalized spacial score (nSPS) is 32.8. The SMILES string of the molecule is O=C(N/N=C/c1cc2c(cc1[N+](=O)[O-])OCO2)C12CC3CC(CC(C3)C1)C2. The maximum atomic E-state index is 12.9. The van der Waals surface area contributed by atoms with Gasteiger partial charge in [-0.25, -0.2) is 5.43 Å². The van der Waals surface area contributed by atoms with Gasteiger partial charge in [-0.3, -0.25) is 14.9 Å². The second-order valence-electron chi connectivity index (χ2n) is 8.42. The Hall–Kier alpha value is -2.64. The number of ether oxygens (including phenoxy) is 2. The van der Waals surface area contributed by atoms with Gasteiger partial charge in [-0.05, 0) is 62.3 Å². The van der Waals surface area contributed by atoms with Crippen LogP contribution in [0.3, 0.4) is 0 Å². The van der Waals surface area contributed by atoms with E-state index in [2.05, 4.69) is 10.5 Å². The van der Waals surface area contributed by atoms with Gasteiger partial charge < -0.3 is 9.47 Å². The Morgan fingerprint density at radius 2 is 1.74 bits per heavy atom. The van der Waals surface area contributed by atoms with Crippen molar-refractivity contribution in [3.05, 3.63) is 27.8 Å². The van der Waals surface area contributed by atoms with Crippen molar-refractivity contribution in [2.24, 2.45) is 28.3 Å². The van der Waals surface area contributed by atoms with Gasteiger partial charge in [0.15, 0.2) is 11.5 Å². The molecule has 4 fully saturated rings. The van der Waals surface area contributed by atoms with Crippen molar-refractivity contribution in [1.82, 2.24) is 5.43 Å². The Morgan fingerprint density at radius 1 is 1.15 bits per heavy atom. The molecule has 4 aliphatic carbocycles. The third-order valence-corrected chi connectivity index (χ3v) is 6.61. The summed E-state index contributed by atoms with van der Waals surface area (Å²) in [6, 6.07) is 2.84. The Kier molecular flexibility index (Phi) is 3.63. The van der Waals surface area contributed by atoms with Crippen molar-refractivity contribution >= 4 is 17.8 Å². The molecule has 0 atom stereocenters. The molecule has 0 aromatic heterocycles. The number of nitro groups is 1. The number of hydrazone groups is 1. The van der Waals surface area contributed by atoms with Gasteiger partial charge in [0.1, 0.15) is 0 Å². The Labute approximate surface area is 156 Å². The molecule has 0 saturated heterocycles. The largest absolute Gasteiger partial charge is 0.454 e. The summed E-state index contributed by atoms with van der Waals surface area (Å²) in [6.07, 6.45) is 7.95. The number of hydrogen-bond donors (Lipinski definition) is 1. The lowest BCUT2D eigenvalue weighted by Crippen LogP contribution is -2.52. The van der Waals surface area contributed by atoms with Crippen molar-refractivity contribution in [2.45, 2.75) is 38.5 Å². The van der Waals surface area contributed by atoms with E-state index in [9.17, 15) is 14.9 Å². The van der Waals surface area contributed by atoms with Crippen molar-refractivity contribution in [3.63, 3.8) is 0 Å². The van der Waals surface area contributed by atoms with Crippen molar-refractivity contribution in [2.75, 3.05) is 6.79 Å². The molecule has 27 heavy (non-hydrogen) atoms. The summed E-state index contributed by atoms with van der Waals surface area (Å²) < 4.78 is 10.5. The first kappa shape index (κ1) is 16.5. The van der Waals surface area contributed by atoms with E-state index < -0.39 is 4.92 Å². The number of nitro benzene ring substituents is 1. The van der Waals surface area contributed by atoms with Crippen LogP contribution >= 0.6 is 0 Å². The highest BCUT2D eigenvalue weighted by Crippen LogP contribution is 2.60. The van der Waals surface area contributed by atoms with E-state index >= 15 is 0 Å². The Morgan fingerprint density at radius 3 is 2.33 bits per heavy atom. The van der Waals surface area contributed by atoms with Gasteiger partial charge in [0.2, 0.25) is 12.7 Å². The average molecular weight is 371 g/mol. The first-order valence-electron chi connectivity index (χ1n) is 9.44. The minimum Gasteiger partial charge on any atom is -0.454 e. The molecule has 8 heteroatoms. The summed E-state index contributed by atoms with van der Waals surface area (Å²) in [4.78, 5) is 23.7. The zero-order valence-corrected chi connectivity index (χ0v) is 14.8. The summed E-state index contributed by atoms with van der Waals surface area (Å²) in [5.74, 6) is 2.75. The number of benzene rings is 1. The Balaban J connectivity index is 1.34. The van der Waals surface area contributed by atoms with Crippen LogP contribution in [-0.4, -0.2) is 23.8 Å². The third-order valence-electron chi connectivity index (χ3n) is 6.61. The molecule has 0 radical (unpaired) electrons. The van der Waals surface area contributed by atoms with Crippen LogP contribution in [0.2, 0.25) is 0 Å². The van der Waals surface area contributed by atoms with E-state index in [1.807, 2.05) is 0 Å².